The van der Waals surface area contributed by atoms with Crippen LogP contribution >= 0.6 is 0 Å². The first kappa shape index (κ1) is 12.4. The maximum Gasteiger partial charge on any atom is 0.248 e. The molecule has 0 aromatic carbocycles. The van der Waals surface area contributed by atoms with Gasteiger partial charge >= 0.3 is 0 Å². The molecule has 5 nitrogen and oxygen atoms in total. The highest BCUT2D eigenvalue weighted by atomic mass is 16.5. The fourth-order valence-corrected chi connectivity index (χ4v) is 1.27. The van der Waals surface area contributed by atoms with Crippen molar-refractivity contribution in [2.75, 3.05) is 46.6 Å². The van der Waals surface area contributed by atoms with Crippen LogP contribution in [0, 0.1) is 0 Å². The van der Waals surface area contributed by atoms with Crippen LogP contribution in [0.4, 0.5) is 0 Å². The number of hydrogen-bond donors (Lipinski definition) is 1. The first-order valence-corrected chi connectivity index (χ1v) is 5.37. The maximum absolute atomic E-state index is 11.5. The molecule has 88 valence electrons. The molecule has 0 aromatic rings. The number of nitrogens with one attached hydrogen (secondary N) is 1. The van der Waals surface area contributed by atoms with Gasteiger partial charge in [-0.2, -0.15) is 0 Å². The van der Waals surface area contributed by atoms with Gasteiger partial charge in [-0.05, 0) is 6.92 Å². The summed E-state index contributed by atoms with van der Waals surface area (Å²) in [6.45, 7) is 5.59. The number of rotatable bonds is 7. The van der Waals surface area contributed by atoms with Gasteiger partial charge in [-0.25, -0.2) is 0 Å². The number of likely N-dealkylation sites (N-methyl/N-ethyl adjacent to an activating group) is 1. The van der Waals surface area contributed by atoms with Gasteiger partial charge in [-0.15, -0.1) is 0 Å². The lowest BCUT2D eigenvalue weighted by Crippen LogP contribution is -2.58. The summed E-state index contributed by atoms with van der Waals surface area (Å²) in [4.78, 5) is 13.3. The van der Waals surface area contributed by atoms with Gasteiger partial charge in [0.05, 0.1) is 19.3 Å². The van der Waals surface area contributed by atoms with Crippen LogP contribution in [0.2, 0.25) is 0 Å². The highest BCUT2D eigenvalue weighted by Gasteiger charge is 2.24. The van der Waals surface area contributed by atoms with Gasteiger partial charge in [-0.1, -0.05) is 0 Å². The summed E-state index contributed by atoms with van der Waals surface area (Å²) in [7, 11) is 1.82. The Labute approximate surface area is 90.7 Å². The van der Waals surface area contributed by atoms with Crippen molar-refractivity contribution in [2.45, 2.75) is 13.0 Å². The molecule has 1 fully saturated rings. The van der Waals surface area contributed by atoms with Crippen LogP contribution < -0.4 is 5.32 Å². The van der Waals surface area contributed by atoms with E-state index in [0.717, 1.165) is 13.1 Å². The van der Waals surface area contributed by atoms with Crippen LogP contribution in [0.3, 0.4) is 0 Å². The monoisotopic (exact) mass is 216 g/mol. The quantitative estimate of drug-likeness (QED) is 0.581. The van der Waals surface area contributed by atoms with E-state index in [2.05, 4.69) is 5.32 Å². The summed E-state index contributed by atoms with van der Waals surface area (Å²) in [5.41, 5.74) is 0. The van der Waals surface area contributed by atoms with Crippen LogP contribution in [-0.4, -0.2) is 63.4 Å². The Balaban J connectivity index is 2.02. The predicted octanol–water partition coefficient (Wildman–Crippen LogP) is -0.530. The van der Waals surface area contributed by atoms with Gasteiger partial charge in [0.1, 0.15) is 6.61 Å². The normalized spacial score (nSPS) is 16.1. The van der Waals surface area contributed by atoms with Gasteiger partial charge in [0.15, 0.2) is 0 Å². The Morgan fingerprint density at radius 3 is 2.60 bits per heavy atom. The summed E-state index contributed by atoms with van der Waals surface area (Å²) in [5, 5.41) is 3.13. The number of nitrogens with zero attached hydrogens (tertiary/aromatic N) is 1. The average Bonchev–Trinajstić information content (AvgIpc) is 2.14. The van der Waals surface area contributed by atoms with Crippen molar-refractivity contribution in [1.82, 2.24) is 10.2 Å². The molecule has 0 bridgehead atoms. The van der Waals surface area contributed by atoms with Crippen molar-refractivity contribution >= 4 is 5.91 Å². The van der Waals surface area contributed by atoms with Gasteiger partial charge in [0.2, 0.25) is 5.91 Å². The van der Waals surface area contributed by atoms with Crippen molar-refractivity contribution in [3.8, 4) is 0 Å². The minimum Gasteiger partial charge on any atom is -0.379 e. The second kappa shape index (κ2) is 6.76. The van der Waals surface area contributed by atoms with E-state index in [0.29, 0.717) is 25.9 Å². The molecule has 1 rings (SSSR count). The Morgan fingerprint density at radius 2 is 2.07 bits per heavy atom. The van der Waals surface area contributed by atoms with Crippen LogP contribution in [0.15, 0.2) is 0 Å². The predicted molar refractivity (Wildman–Crippen MR) is 56.7 cm³/mol. The van der Waals surface area contributed by atoms with E-state index in [4.69, 9.17) is 9.47 Å². The topological polar surface area (TPSA) is 50.8 Å². The first-order chi connectivity index (χ1) is 7.25. The van der Waals surface area contributed by atoms with Crippen molar-refractivity contribution in [2.24, 2.45) is 0 Å². The molecule has 1 aliphatic rings. The second-order valence-electron chi connectivity index (χ2n) is 3.57. The average molecular weight is 216 g/mol. The summed E-state index contributed by atoms with van der Waals surface area (Å²) >= 11 is 0. The standard InChI is InChI=1S/C10H20N2O3/c1-3-14-4-5-15-8-10(13)12(2)9-6-11-7-9/h9,11H,3-8H2,1-2H3. The van der Waals surface area contributed by atoms with Crippen molar-refractivity contribution < 1.29 is 14.3 Å². The molecule has 0 unspecified atom stereocenters. The molecule has 0 spiro atoms. The van der Waals surface area contributed by atoms with E-state index in [1.807, 2.05) is 14.0 Å². The van der Waals surface area contributed by atoms with E-state index < -0.39 is 0 Å². The lowest BCUT2D eigenvalue weighted by Gasteiger charge is -2.35. The number of amides is 1. The summed E-state index contributed by atoms with van der Waals surface area (Å²) in [6, 6.07) is 0.341. The van der Waals surface area contributed by atoms with Crippen LogP contribution in [0.25, 0.3) is 0 Å². The van der Waals surface area contributed by atoms with Gasteiger partial charge < -0.3 is 19.7 Å². The zero-order valence-electron chi connectivity index (χ0n) is 9.49. The highest BCUT2D eigenvalue weighted by molar-refractivity contribution is 5.77. The molecule has 0 aromatic heterocycles. The molecule has 1 heterocycles. The van der Waals surface area contributed by atoms with E-state index in [9.17, 15) is 4.79 Å². The fraction of sp³-hybridized carbons (Fsp3) is 0.900. The maximum atomic E-state index is 11.5. The lowest BCUT2D eigenvalue weighted by molar-refractivity contribution is -0.138. The van der Waals surface area contributed by atoms with Crippen LogP contribution in [-0.2, 0) is 14.3 Å². The Hall–Kier alpha value is -0.650. The van der Waals surface area contributed by atoms with Gasteiger partial charge in [0, 0.05) is 26.7 Å². The SMILES string of the molecule is CCOCCOCC(=O)N(C)C1CNC1. The largest absolute Gasteiger partial charge is 0.379 e. The molecule has 1 saturated heterocycles. The van der Waals surface area contributed by atoms with Crippen molar-refractivity contribution in [3.05, 3.63) is 0 Å². The Bertz CT molecular complexity index is 195. The minimum atomic E-state index is 0.0398. The Kier molecular flexibility index (Phi) is 5.60. The fourth-order valence-electron chi connectivity index (χ4n) is 1.27. The van der Waals surface area contributed by atoms with Crippen molar-refractivity contribution in [1.29, 1.82) is 0 Å². The van der Waals surface area contributed by atoms with E-state index in [1.165, 1.54) is 0 Å². The number of hydrogen-bond acceptors (Lipinski definition) is 4. The molecule has 1 N–H and O–H groups in total. The molecular formula is C10H20N2O3. The molecule has 0 atom stereocenters. The van der Waals surface area contributed by atoms with E-state index >= 15 is 0 Å². The summed E-state index contributed by atoms with van der Waals surface area (Å²) in [6.07, 6.45) is 0. The molecule has 1 aliphatic heterocycles. The van der Waals surface area contributed by atoms with E-state index in [1.54, 1.807) is 4.90 Å². The third kappa shape index (κ3) is 4.15. The van der Waals surface area contributed by atoms with Crippen LogP contribution in [0.5, 0.6) is 0 Å². The smallest absolute Gasteiger partial charge is 0.248 e. The number of carbonyl (C=O) groups is 1. The summed E-state index contributed by atoms with van der Waals surface area (Å²) < 4.78 is 10.3. The summed E-state index contributed by atoms with van der Waals surface area (Å²) in [5.74, 6) is 0.0398. The Morgan fingerprint density at radius 1 is 1.40 bits per heavy atom. The lowest BCUT2D eigenvalue weighted by atomic mass is 10.1. The number of carbonyl (C=O) groups excluding carboxylic acids is 1. The van der Waals surface area contributed by atoms with E-state index in [-0.39, 0.29) is 12.5 Å². The molecule has 0 aliphatic carbocycles. The number of ether oxygens (including phenoxy) is 2. The first-order valence-electron chi connectivity index (χ1n) is 5.37. The van der Waals surface area contributed by atoms with Crippen LogP contribution in [0.1, 0.15) is 6.92 Å². The molecule has 0 radical (unpaired) electrons. The van der Waals surface area contributed by atoms with Gasteiger partial charge in [-0.3, -0.25) is 4.79 Å². The molecular weight excluding hydrogens is 196 g/mol. The molecule has 15 heavy (non-hydrogen) atoms. The highest BCUT2D eigenvalue weighted by Crippen LogP contribution is 2.02. The zero-order chi connectivity index (χ0) is 11.1. The molecule has 1 amide bonds. The second-order valence-corrected chi connectivity index (χ2v) is 3.57. The molecule has 0 saturated carbocycles. The molecule has 5 heteroatoms. The third-order valence-corrected chi connectivity index (χ3v) is 2.50. The third-order valence-electron chi connectivity index (χ3n) is 2.50. The van der Waals surface area contributed by atoms with Crippen molar-refractivity contribution in [3.63, 3.8) is 0 Å². The minimum absolute atomic E-state index is 0.0398. The van der Waals surface area contributed by atoms with Gasteiger partial charge in [0.25, 0.3) is 0 Å². The zero-order valence-corrected chi connectivity index (χ0v) is 9.49.